The third-order valence-electron chi connectivity index (χ3n) is 1.93. The highest BCUT2D eigenvalue weighted by Crippen LogP contribution is 2.25. The lowest BCUT2D eigenvalue weighted by Gasteiger charge is -2.02. The largest absolute Gasteiger partial charge is 0.204 e. The summed E-state index contributed by atoms with van der Waals surface area (Å²) in [7, 11) is 0. The lowest BCUT2D eigenvalue weighted by Crippen LogP contribution is -1.88. The summed E-state index contributed by atoms with van der Waals surface area (Å²) < 4.78 is 25.5. The van der Waals surface area contributed by atoms with Gasteiger partial charge in [-0.3, -0.25) is 0 Å². The molecular formula is C11H8ClF2N. The standard InChI is InChI=1S/C11H8ClF2N/c1-2-7(6-15)11(12)8-3-4-9(13)10(14)5-8/h3-5H,2H2,1H3. The van der Waals surface area contributed by atoms with E-state index in [1.165, 1.54) is 6.07 Å². The molecule has 0 aromatic heterocycles. The van der Waals surface area contributed by atoms with Crippen LogP contribution in [0.1, 0.15) is 18.9 Å². The third kappa shape index (κ3) is 2.54. The zero-order chi connectivity index (χ0) is 11.4. The van der Waals surface area contributed by atoms with Crippen LogP contribution in [0.15, 0.2) is 23.8 Å². The van der Waals surface area contributed by atoms with E-state index in [0.29, 0.717) is 17.6 Å². The average Bonchev–Trinajstić information content (AvgIpc) is 2.23. The second kappa shape index (κ2) is 4.90. The maximum absolute atomic E-state index is 12.9. The van der Waals surface area contributed by atoms with Crippen molar-refractivity contribution in [3.63, 3.8) is 0 Å². The van der Waals surface area contributed by atoms with Gasteiger partial charge in [-0.15, -0.1) is 0 Å². The van der Waals surface area contributed by atoms with Crippen LogP contribution >= 0.6 is 11.6 Å². The van der Waals surface area contributed by atoms with Gasteiger partial charge in [-0.05, 0) is 24.1 Å². The van der Waals surface area contributed by atoms with Gasteiger partial charge in [0.2, 0.25) is 0 Å². The molecular weight excluding hydrogens is 220 g/mol. The van der Waals surface area contributed by atoms with Crippen LogP contribution < -0.4 is 0 Å². The van der Waals surface area contributed by atoms with Gasteiger partial charge < -0.3 is 0 Å². The van der Waals surface area contributed by atoms with Gasteiger partial charge >= 0.3 is 0 Å². The Morgan fingerprint density at radius 2 is 2.07 bits per heavy atom. The molecule has 0 atom stereocenters. The fourth-order valence-corrected chi connectivity index (χ4v) is 1.38. The summed E-state index contributed by atoms with van der Waals surface area (Å²) in [6.45, 7) is 1.76. The van der Waals surface area contributed by atoms with E-state index in [2.05, 4.69) is 0 Å². The second-order valence-electron chi connectivity index (χ2n) is 2.89. The number of allylic oxidation sites excluding steroid dienone is 1. The highest BCUT2D eigenvalue weighted by molar-refractivity contribution is 6.49. The van der Waals surface area contributed by atoms with E-state index in [0.717, 1.165) is 12.1 Å². The third-order valence-corrected chi connectivity index (χ3v) is 2.37. The number of hydrogen-bond donors (Lipinski definition) is 0. The molecule has 0 bridgehead atoms. The fraction of sp³-hybridized carbons (Fsp3) is 0.182. The molecule has 0 spiro atoms. The molecule has 1 aromatic carbocycles. The monoisotopic (exact) mass is 227 g/mol. The van der Waals surface area contributed by atoms with E-state index in [-0.39, 0.29) is 5.03 Å². The summed E-state index contributed by atoms with van der Waals surface area (Å²) in [6.07, 6.45) is 0.453. The van der Waals surface area contributed by atoms with E-state index in [9.17, 15) is 8.78 Å². The van der Waals surface area contributed by atoms with E-state index in [1.54, 1.807) is 6.92 Å². The molecule has 0 aliphatic rings. The van der Waals surface area contributed by atoms with Crippen LogP contribution in [-0.4, -0.2) is 0 Å². The van der Waals surface area contributed by atoms with E-state index in [1.807, 2.05) is 6.07 Å². The first kappa shape index (κ1) is 11.7. The minimum Gasteiger partial charge on any atom is -0.204 e. The molecule has 0 aliphatic carbocycles. The molecule has 0 saturated heterocycles. The van der Waals surface area contributed by atoms with Crippen molar-refractivity contribution in [1.82, 2.24) is 0 Å². The highest BCUT2D eigenvalue weighted by atomic mass is 35.5. The van der Waals surface area contributed by atoms with Crippen LogP contribution in [0.5, 0.6) is 0 Å². The van der Waals surface area contributed by atoms with Gasteiger partial charge in [-0.2, -0.15) is 5.26 Å². The Balaban J connectivity index is 3.24. The van der Waals surface area contributed by atoms with Gasteiger partial charge in [0.15, 0.2) is 11.6 Å². The number of hydrogen-bond acceptors (Lipinski definition) is 1. The molecule has 0 saturated carbocycles. The van der Waals surface area contributed by atoms with E-state index in [4.69, 9.17) is 16.9 Å². The smallest absolute Gasteiger partial charge is 0.159 e. The Morgan fingerprint density at radius 3 is 2.53 bits per heavy atom. The Morgan fingerprint density at radius 1 is 1.40 bits per heavy atom. The predicted molar refractivity (Wildman–Crippen MR) is 55.0 cm³/mol. The SMILES string of the molecule is CCC(C#N)=C(Cl)c1ccc(F)c(F)c1. The minimum absolute atomic E-state index is 0.166. The van der Waals surface area contributed by atoms with Crippen molar-refractivity contribution >= 4 is 16.6 Å². The zero-order valence-corrected chi connectivity index (χ0v) is 8.78. The number of rotatable bonds is 2. The van der Waals surface area contributed by atoms with Crippen LogP contribution in [0.2, 0.25) is 0 Å². The summed E-state index contributed by atoms with van der Waals surface area (Å²) in [4.78, 5) is 0. The van der Waals surface area contributed by atoms with E-state index < -0.39 is 11.6 Å². The molecule has 0 fully saturated rings. The normalized spacial score (nSPS) is 11.9. The molecule has 15 heavy (non-hydrogen) atoms. The van der Waals surface area contributed by atoms with Crippen molar-refractivity contribution in [2.24, 2.45) is 0 Å². The minimum atomic E-state index is -0.973. The van der Waals surface area contributed by atoms with Crippen LogP contribution in [0.25, 0.3) is 5.03 Å². The maximum Gasteiger partial charge on any atom is 0.159 e. The molecule has 1 nitrogen and oxygen atoms in total. The summed E-state index contributed by atoms with van der Waals surface area (Å²) in [6, 6.07) is 5.22. The molecule has 0 unspecified atom stereocenters. The van der Waals surface area contributed by atoms with Crippen molar-refractivity contribution in [2.45, 2.75) is 13.3 Å². The van der Waals surface area contributed by atoms with Crippen molar-refractivity contribution in [3.05, 3.63) is 41.0 Å². The molecule has 78 valence electrons. The Bertz CT molecular complexity index is 446. The summed E-state index contributed by atoms with van der Waals surface area (Å²) in [5.41, 5.74) is 0.664. The molecule has 4 heteroatoms. The molecule has 0 amide bonds. The second-order valence-corrected chi connectivity index (χ2v) is 3.26. The average molecular weight is 228 g/mol. The highest BCUT2D eigenvalue weighted by Gasteiger charge is 2.08. The number of halogens is 3. The summed E-state index contributed by atoms with van der Waals surface area (Å²) in [5.74, 6) is -1.91. The topological polar surface area (TPSA) is 23.8 Å². The summed E-state index contributed by atoms with van der Waals surface area (Å²) in [5, 5.41) is 8.89. The lowest BCUT2D eigenvalue weighted by molar-refractivity contribution is 0.508. The van der Waals surface area contributed by atoms with Gasteiger partial charge in [0.25, 0.3) is 0 Å². The molecule has 0 radical (unpaired) electrons. The molecule has 1 aromatic rings. The van der Waals surface area contributed by atoms with Crippen LogP contribution in [0.4, 0.5) is 8.78 Å². The van der Waals surface area contributed by atoms with Crippen molar-refractivity contribution in [3.8, 4) is 6.07 Å². The first-order valence-corrected chi connectivity index (χ1v) is 4.72. The van der Waals surface area contributed by atoms with Crippen molar-refractivity contribution in [1.29, 1.82) is 5.26 Å². The predicted octanol–water partition coefficient (Wildman–Crippen LogP) is 3.85. The first-order valence-electron chi connectivity index (χ1n) is 4.34. The van der Waals surface area contributed by atoms with Gasteiger partial charge in [0.1, 0.15) is 0 Å². The van der Waals surface area contributed by atoms with Gasteiger partial charge in [0, 0.05) is 5.57 Å². The number of nitrogens with zero attached hydrogens (tertiary/aromatic N) is 1. The van der Waals surface area contributed by atoms with Crippen LogP contribution in [-0.2, 0) is 0 Å². The van der Waals surface area contributed by atoms with Crippen molar-refractivity contribution < 1.29 is 8.78 Å². The Hall–Kier alpha value is -1.40. The van der Waals surface area contributed by atoms with Gasteiger partial charge in [0.05, 0.1) is 11.1 Å². The first-order chi connectivity index (χ1) is 7.10. The number of benzene rings is 1. The Labute approximate surface area is 91.6 Å². The maximum atomic E-state index is 12.9. The van der Waals surface area contributed by atoms with Crippen LogP contribution in [0, 0.1) is 23.0 Å². The van der Waals surface area contributed by atoms with E-state index >= 15 is 0 Å². The molecule has 0 heterocycles. The molecule has 0 N–H and O–H groups in total. The van der Waals surface area contributed by atoms with Gasteiger partial charge in [-0.1, -0.05) is 24.6 Å². The molecule has 1 rings (SSSR count). The fourth-order valence-electron chi connectivity index (χ4n) is 1.09. The zero-order valence-electron chi connectivity index (χ0n) is 8.02. The summed E-state index contributed by atoms with van der Waals surface area (Å²) >= 11 is 5.86. The number of nitriles is 1. The lowest BCUT2D eigenvalue weighted by atomic mass is 10.1. The van der Waals surface area contributed by atoms with Gasteiger partial charge in [-0.25, -0.2) is 8.78 Å². The Kier molecular flexibility index (Phi) is 3.81. The quantitative estimate of drug-likeness (QED) is 0.704. The van der Waals surface area contributed by atoms with Crippen molar-refractivity contribution in [2.75, 3.05) is 0 Å². The molecule has 0 aliphatic heterocycles. The van der Waals surface area contributed by atoms with Crippen LogP contribution in [0.3, 0.4) is 0 Å².